The summed E-state index contributed by atoms with van der Waals surface area (Å²) in [4.78, 5) is 3.28. The maximum atomic E-state index is 12.5. The minimum atomic E-state index is -4.47. The minimum absolute atomic E-state index is 0.0458. The van der Waals surface area contributed by atoms with Gasteiger partial charge in [0.15, 0.2) is 9.84 Å². The van der Waals surface area contributed by atoms with Crippen LogP contribution in [0.2, 0.25) is 0 Å². The summed E-state index contributed by atoms with van der Waals surface area (Å²) in [6.07, 6.45) is -2.05. The van der Waals surface area contributed by atoms with E-state index in [9.17, 15) is 21.6 Å². The Morgan fingerprint density at radius 2 is 2.15 bits per heavy atom. The second-order valence-corrected chi connectivity index (χ2v) is 7.11. The van der Waals surface area contributed by atoms with Crippen molar-refractivity contribution in [2.75, 3.05) is 11.5 Å². The van der Waals surface area contributed by atoms with E-state index in [-0.39, 0.29) is 24.1 Å². The molecule has 2 heterocycles. The van der Waals surface area contributed by atoms with Crippen LogP contribution in [0.1, 0.15) is 24.1 Å². The number of nitrogens with one attached hydrogen (secondary N) is 1. The summed E-state index contributed by atoms with van der Waals surface area (Å²) in [5.41, 5.74) is -0.497. The van der Waals surface area contributed by atoms with Gasteiger partial charge in [-0.3, -0.25) is 4.98 Å². The van der Waals surface area contributed by atoms with E-state index in [1.165, 1.54) is 6.07 Å². The summed E-state index contributed by atoms with van der Waals surface area (Å²) < 4.78 is 60.4. The quantitative estimate of drug-likeness (QED) is 0.924. The Balaban J connectivity index is 1.97. The highest BCUT2D eigenvalue weighted by Crippen LogP contribution is 2.27. The maximum Gasteiger partial charge on any atom is 0.433 e. The number of alkyl halides is 3. The Morgan fingerprint density at radius 1 is 1.40 bits per heavy atom. The molecule has 1 fully saturated rings. The van der Waals surface area contributed by atoms with Crippen molar-refractivity contribution in [3.05, 3.63) is 29.6 Å². The van der Waals surface area contributed by atoms with Gasteiger partial charge in [0.2, 0.25) is 0 Å². The van der Waals surface area contributed by atoms with E-state index in [4.69, 9.17) is 0 Å². The van der Waals surface area contributed by atoms with E-state index >= 15 is 0 Å². The largest absolute Gasteiger partial charge is 0.433 e. The van der Waals surface area contributed by atoms with Crippen LogP contribution in [0.4, 0.5) is 13.2 Å². The van der Waals surface area contributed by atoms with Gasteiger partial charge >= 0.3 is 6.18 Å². The third-order valence-electron chi connectivity index (χ3n) is 3.17. The summed E-state index contributed by atoms with van der Waals surface area (Å²) in [7, 11) is -3.02. The van der Waals surface area contributed by atoms with Crippen molar-refractivity contribution in [3.8, 4) is 0 Å². The first-order valence-corrected chi connectivity index (χ1v) is 8.04. The van der Waals surface area contributed by atoms with E-state index in [0.717, 1.165) is 18.7 Å². The Hall–Kier alpha value is -1.15. The van der Waals surface area contributed by atoms with Gasteiger partial charge in [-0.2, -0.15) is 13.2 Å². The number of halogens is 3. The van der Waals surface area contributed by atoms with Crippen LogP contribution in [-0.2, 0) is 22.6 Å². The van der Waals surface area contributed by atoms with Crippen LogP contribution in [-0.4, -0.2) is 30.9 Å². The predicted molar refractivity (Wildman–Crippen MR) is 67.8 cm³/mol. The van der Waals surface area contributed by atoms with Crippen LogP contribution < -0.4 is 5.32 Å². The number of nitrogens with zero attached hydrogens (tertiary/aromatic N) is 1. The van der Waals surface area contributed by atoms with Crippen molar-refractivity contribution >= 4 is 9.84 Å². The zero-order chi connectivity index (χ0) is 14.8. The van der Waals surface area contributed by atoms with Crippen molar-refractivity contribution < 1.29 is 21.6 Å². The zero-order valence-electron chi connectivity index (χ0n) is 10.7. The van der Waals surface area contributed by atoms with Crippen molar-refractivity contribution in [2.24, 2.45) is 0 Å². The Morgan fingerprint density at radius 3 is 2.80 bits per heavy atom. The van der Waals surface area contributed by atoms with Gasteiger partial charge in [-0.25, -0.2) is 8.42 Å². The first-order chi connectivity index (χ1) is 9.26. The molecule has 2 rings (SSSR count). The lowest BCUT2D eigenvalue weighted by molar-refractivity contribution is -0.141. The highest BCUT2D eigenvalue weighted by atomic mass is 32.2. The van der Waals surface area contributed by atoms with E-state index in [2.05, 4.69) is 10.3 Å². The lowest BCUT2D eigenvalue weighted by atomic mass is 10.1. The zero-order valence-corrected chi connectivity index (χ0v) is 11.5. The Bertz CT molecular complexity index is 572. The van der Waals surface area contributed by atoms with Gasteiger partial charge < -0.3 is 5.32 Å². The number of aromatic nitrogens is 1. The van der Waals surface area contributed by atoms with E-state index in [1.807, 2.05) is 0 Å². The lowest BCUT2D eigenvalue weighted by Gasteiger charge is -2.23. The predicted octanol–water partition coefficient (Wildman–Crippen LogP) is 1.77. The SMILES string of the molecule is O=S1(=O)CCCC(NCc2ccnc(C(F)(F)F)c2)C1. The first kappa shape index (κ1) is 15.2. The van der Waals surface area contributed by atoms with Crippen LogP contribution in [0.3, 0.4) is 0 Å². The van der Waals surface area contributed by atoms with Gasteiger partial charge in [-0.1, -0.05) is 0 Å². The van der Waals surface area contributed by atoms with E-state index < -0.39 is 21.7 Å². The van der Waals surface area contributed by atoms with Gasteiger partial charge in [0.25, 0.3) is 0 Å². The van der Waals surface area contributed by atoms with E-state index in [0.29, 0.717) is 12.0 Å². The molecule has 4 nitrogen and oxygen atoms in total. The molecule has 0 radical (unpaired) electrons. The van der Waals surface area contributed by atoms with Gasteiger partial charge in [0.05, 0.1) is 11.5 Å². The molecule has 0 bridgehead atoms. The molecular weight excluding hydrogens is 293 g/mol. The second kappa shape index (κ2) is 5.69. The van der Waals surface area contributed by atoms with Crippen LogP contribution in [0.5, 0.6) is 0 Å². The molecule has 8 heteroatoms. The number of pyridine rings is 1. The van der Waals surface area contributed by atoms with Crippen molar-refractivity contribution in [1.82, 2.24) is 10.3 Å². The molecule has 20 heavy (non-hydrogen) atoms. The molecular formula is C12H15F3N2O2S. The van der Waals surface area contributed by atoms with Crippen LogP contribution >= 0.6 is 0 Å². The molecule has 0 aromatic carbocycles. The summed E-state index contributed by atoms with van der Waals surface area (Å²) in [6, 6.07) is 2.26. The van der Waals surface area contributed by atoms with Crippen molar-refractivity contribution in [3.63, 3.8) is 0 Å². The molecule has 1 saturated heterocycles. The monoisotopic (exact) mass is 308 g/mol. The third kappa shape index (κ3) is 4.17. The molecule has 0 aliphatic carbocycles. The molecule has 0 spiro atoms. The fraction of sp³-hybridized carbons (Fsp3) is 0.583. The summed E-state index contributed by atoms with van der Waals surface area (Å²) in [5.74, 6) is 0.239. The number of sulfone groups is 1. The van der Waals surface area contributed by atoms with Gasteiger partial charge in [0, 0.05) is 18.8 Å². The van der Waals surface area contributed by atoms with Gasteiger partial charge in [0.1, 0.15) is 5.69 Å². The fourth-order valence-corrected chi connectivity index (χ4v) is 3.86. The summed E-state index contributed by atoms with van der Waals surface area (Å²) in [5, 5.41) is 3.00. The Labute approximate surface area is 115 Å². The van der Waals surface area contributed by atoms with Gasteiger partial charge in [-0.05, 0) is 30.5 Å². The number of rotatable bonds is 3. The standard InChI is InChI=1S/C12H15F3N2O2S/c13-12(14,15)11-6-9(3-4-16-11)7-17-10-2-1-5-20(18,19)8-10/h3-4,6,10,17H,1-2,5,7-8H2. The molecule has 112 valence electrons. The molecule has 1 aromatic heterocycles. The topological polar surface area (TPSA) is 59.1 Å². The lowest BCUT2D eigenvalue weighted by Crippen LogP contribution is -2.39. The van der Waals surface area contributed by atoms with Crippen molar-refractivity contribution in [2.45, 2.75) is 31.6 Å². The molecule has 1 unspecified atom stereocenters. The molecule has 1 aliphatic heterocycles. The molecule has 0 saturated carbocycles. The second-order valence-electron chi connectivity index (χ2n) is 4.88. The smallest absolute Gasteiger partial charge is 0.309 e. The van der Waals surface area contributed by atoms with Crippen LogP contribution in [0.25, 0.3) is 0 Å². The van der Waals surface area contributed by atoms with Crippen LogP contribution in [0, 0.1) is 0 Å². The van der Waals surface area contributed by atoms with E-state index in [1.54, 1.807) is 0 Å². The van der Waals surface area contributed by atoms with Gasteiger partial charge in [-0.15, -0.1) is 0 Å². The Kier molecular flexibility index (Phi) is 4.33. The normalized spacial score (nSPS) is 22.6. The molecule has 0 amide bonds. The summed E-state index contributed by atoms with van der Waals surface area (Å²) in [6.45, 7) is 0.200. The minimum Gasteiger partial charge on any atom is -0.309 e. The maximum absolute atomic E-state index is 12.5. The average molecular weight is 308 g/mol. The highest BCUT2D eigenvalue weighted by molar-refractivity contribution is 7.91. The number of hydrogen-bond acceptors (Lipinski definition) is 4. The fourth-order valence-electron chi connectivity index (χ4n) is 2.19. The number of hydrogen-bond donors (Lipinski definition) is 1. The third-order valence-corrected chi connectivity index (χ3v) is 4.99. The molecule has 1 N–H and O–H groups in total. The first-order valence-electron chi connectivity index (χ1n) is 6.22. The molecule has 1 aliphatic rings. The van der Waals surface area contributed by atoms with Crippen LogP contribution in [0.15, 0.2) is 18.3 Å². The molecule has 1 atom stereocenters. The summed E-state index contributed by atoms with van der Waals surface area (Å²) >= 11 is 0. The highest BCUT2D eigenvalue weighted by Gasteiger charge is 2.32. The molecule has 1 aromatic rings. The van der Waals surface area contributed by atoms with Crippen molar-refractivity contribution in [1.29, 1.82) is 0 Å². The average Bonchev–Trinajstić information content (AvgIpc) is 2.35.